The van der Waals surface area contributed by atoms with Crippen LogP contribution in [0.25, 0.3) is 10.9 Å². The Balaban J connectivity index is 1.39. The summed E-state index contributed by atoms with van der Waals surface area (Å²) in [7, 11) is 1.59. The summed E-state index contributed by atoms with van der Waals surface area (Å²) in [6.45, 7) is 4.48. The molecule has 3 heterocycles. The van der Waals surface area contributed by atoms with Crippen molar-refractivity contribution in [2.45, 2.75) is 50.2 Å². The van der Waals surface area contributed by atoms with E-state index in [2.05, 4.69) is 14.9 Å². The highest BCUT2D eigenvalue weighted by atomic mass is 32.2. The molecule has 1 aliphatic heterocycles. The maximum Gasteiger partial charge on any atom is 0.303 e. The van der Waals surface area contributed by atoms with Crippen molar-refractivity contribution >= 4 is 28.6 Å². The number of aryl methyl sites for hydroxylation is 1. The standard InChI is InChI=1S/C28H34FN3O3S/c1-20-19-31-24-7-6-21(35-2)17-22(24)27(20)23(29)8-9-28(18-26(33)34)10-13-32(14-11-28)15-16-36-25-5-3-4-12-30-25/h3-7,12,17,19,23H,8-11,13-16,18H2,1-2H3,(H,33,34)/t23-/m1/s1. The monoisotopic (exact) mass is 511 g/mol. The molecule has 1 N–H and O–H groups in total. The first kappa shape index (κ1) is 26.4. The fraction of sp³-hybridized carbons (Fsp3) is 0.464. The summed E-state index contributed by atoms with van der Waals surface area (Å²) in [5.74, 6) is 0.798. The fourth-order valence-electron chi connectivity index (χ4n) is 5.21. The van der Waals surface area contributed by atoms with Gasteiger partial charge in [-0.1, -0.05) is 6.07 Å². The highest BCUT2D eigenvalue weighted by molar-refractivity contribution is 7.99. The van der Waals surface area contributed by atoms with Crippen LogP contribution in [0.15, 0.2) is 53.8 Å². The first-order chi connectivity index (χ1) is 17.4. The molecule has 1 atom stereocenters. The third-order valence-electron chi connectivity index (χ3n) is 7.30. The van der Waals surface area contributed by atoms with Gasteiger partial charge in [0.1, 0.15) is 11.9 Å². The number of aromatic nitrogens is 2. The molecule has 1 aromatic carbocycles. The molecule has 1 fully saturated rings. The quantitative estimate of drug-likeness (QED) is 0.312. The maximum atomic E-state index is 15.8. The van der Waals surface area contributed by atoms with Crippen molar-refractivity contribution in [1.29, 1.82) is 0 Å². The second kappa shape index (κ2) is 12.0. The Kier molecular flexibility index (Phi) is 8.80. The number of carboxylic acid groups (broad SMARTS) is 1. The van der Waals surface area contributed by atoms with E-state index in [0.717, 1.165) is 59.7 Å². The Bertz CT molecular complexity index is 1170. The van der Waals surface area contributed by atoms with E-state index in [1.165, 1.54) is 0 Å². The van der Waals surface area contributed by atoms with Crippen molar-refractivity contribution < 1.29 is 19.0 Å². The molecule has 1 saturated heterocycles. The predicted octanol–water partition coefficient (Wildman–Crippen LogP) is 6.09. The van der Waals surface area contributed by atoms with E-state index in [1.807, 2.05) is 43.3 Å². The van der Waals surface area contributed by atoms with E-state index in [0.29, 0.717) is 24.2 Å². The van der Waals surface area contributed by atoms with Gasteiger partial charge in [-0.05, 0) is 92.6 Å². The lowest BCUT2D eigenvalue weighted by molar-refractivity contribution is -0.141. The van der Waals surface area contributed by atoms with Crippen molar-refractivity contribution in [2.75, 3.05) is 32.5 Å². The molecule has 8 heteroatoms. The van der Waals surface area contributed by atoms with Gasteiger partial charge in [-0.15, -0.1) is 11.8 Å². The molecule has 1 aliphatic rings. The summed E-state index contributed by atoms with van der Waals surface area (Å²) < 4.78 is 21.1. The van der Waals surface area contributed by atoms with Crippen LogP contribution < -0.4 is 4.74 Å². The first-order valence-corrected chi connectivity index (χ1v) is 13.4. The number of fused-ring (bicyclic) bond motifs is 1. The van der Waals surface area contributed by atoms with Crippen LogP contribution in [0.2, 0.25) is 0 Å². The van der Waals surface area contributed by atoms with Gasteiger partial charge in [0.05, 0.1) is 24.1 Å². The average Bonchev–Trinajstić information content (AvgIpc) is 2.88. The van der Waals surface area contributed by atoms with E-state index in [1.54, 1.807) is 31.3 Å². The van der Waals surface area contributed by atoms with Crippen LogP contribution in [0.1, 0.15) is 49.4 Å². The molecule has 6 nitrogen and oxygen atoms in total. The number of aliphatic carboxylic acids is 1. The van der Waals surface area contributed by atoms with Gasteiger partial charge in [0, 0.05) is 30.1 Å². The lowest BCUT2D eigenvalue weighted by Crippen LogP contribution is -2.42. The molecular formula is C28H34FN3O3S. The van der Waals surface area contributed by atoms with Crippen LogP contribution in [-0.4, -0.2) is 58.4 Å². The smallest absolute Gasteiger partial charge is 0.303 e. The number of rotatable bonds is 11. The molecule has 0 radical (unpaired) electrons. The number of halogens is 1. The van der Waals surface area contributed by atoms with Crippen molar-refractivity contribution in [3.8, 4) is 5.75 Å². The molecule has 2 aromatic heterocycles. The largest absolute Gasteiger partial charge is 0.497 e. The summed E-state index contributed by atoms with van der Waals surface area (Å²) in [6.07, 6.45) is 4.78. The Morgan fingerprint density at radius 3 is 2.75 bits per heavy atom. The predicted molar refractivity (Wildman–Crippen MR) is 141 cm³/mol. The van der Waals surface area contributed by atoms with Crippen LogP contribution in [0.3, 0.4) is 0 Å². The van der Waals surface area contributed by atoms with Gasteiger partial charge in [-0.2, -0.15) is 0 Å². The van der Waals surface area contributed by atoms with Crippen molar-refractivity contribution in [3.05, 3.63) is 59.9 Å². The lowest BCUT2D eigenvalue weighted by atomic mass is 9.71. The van der Waals surface area contributed by atoms with Gasteiger partial charge < -0.3 is 14.7 Å². The molecule has 0 saturated carbocycles. The van der Waals surface area contributed by atoms with E-state index < -0.39 is 12.1 Å². The van der Waals surface area contributed by atoms with E-state index in [-0.39, 0.29) is 11.8 Å². The minimum Gasteiger partial charge on any atom is -0.497 e. The molecule has 36 heavy (non-hydrogen) atoms. The van der Waals surface area contributed by atoms with Gasteiger partial charge >= 0.3 is 5.97 Å². The molecule has 192 valence electrons. The van der Waals surface area contributed by atoms with Gasteiger partial charge in [0.25, 0.3) is 0 Å². The Labute approximate surface area is 216 Å². The number of pyridine rings is 2. The van der Waals surface area contributed by atoms with Crippen LogP contribution >= 0.6 is 11.8 Å². The zero-order valence-corrected chi connectivity index (χ0v) is 21.8. The SMILES string of the molecule is COc1ccc2ncc(C)c([C@H](F)CCC3(CC(=O)O)CCN(CCSc4ccccn4)CC3)c2c1. The van der Waals surface area contributed by atoms with Gasteiger partial charge in [0.15, 0.2) is 0 Å². The number of piperidine rings is 1. The minimum absolute atomic E-state index is 0.0835. The Morgan fingerprint density at radius 2 is 2.06 bits per heavy atom. The van der Waals surface area contributed by atoms with Crippen LogP contribution in [0.4, 0.5) is 4.39 Å². The summed E-state index contributed by atoms with van der Waals surface area (Å²) in [5.41, 5.74) is 1.79. The number of hydrogen-bond donors (Lipinski definition) is 1. The van der Waals surface area contributed by atoms with Crippen LogP contribution in [0, 0.1) is 12.3 Å². The zero-order chi connectivity index (χ0) is 25.5. The highest BCUT2D eigenvalue weighted by Gasteiger charge is 2.37. The zero-order valence-electron chi connectivity index (χ0n) is 21.0. The highest BCUT2D eigenvalue weighted by Crippen LogP contribution is 2.43. The summed E-state index contributed by atoms with van der Waals surface area (Å²) in [4.78, 5) is 22.9. The van der Waals surface area contributed by atoms with Crippen molar-refractivity contribution in [1.82, 2.24) is 14.9 Å². The van der Waals surface area contributed by atoms with Gasteiger partial charge in [-0.25, -0.2) is 9.37 Å². The Hall–Kier alpha value is -2.71. The molecular weight excluding hydrogens is 477 g/mol. The number of alkyl halides is 1. The number of ether oxygens (including phenoxy) is 1. The average molecular weight is 512 g/mol. The molecule has 0 bridgehead atoms. The Morgan fingerprint density at radius 1 is 1.25 bits per heavy atom. The third-order valence-corrected chi connectivity index (χ3v) is 8.22. The number of methoxy groups -OCH3 is 1. The second-order valence-corrected chi connectivity index (χ2v) is 10.8. The molecule has 0 unspecified atom stereocenters. The molecule has 4 rings (SSSR count). The number of hydrogen-bond acceptors (Lipinski definition) is 6. The second-order valence-electron chi connectivity index (χ2n) is 9.67. The van der Waals surface area contributed by atoms with Crippen LogP contribution in [-0.2, 0) is 4.79 Å². The number of carboxylic acids is 1. The third kappa shape index (κ3) is 6.53. The number of thioether (sulfide) groups is 1. The van der Waals surface area contributed by atoms with Gasteiger partial charge in [0.2, 0.25) is 0 Å². The lowest BCUT2D eigenvalue weighted by Gasteiger charge is -2.41. The number of likely N-dealkylation sites (tertiary alicyclic amines) is 1. The number of benzene rings is 1. The molecule has 3 aromatic rings. The van der Waals surface area contributed by atoms with E-state index >= 15 is 4.39 Å². The van der Waals surface area contributed by atoms with Crippen molar-refractivity contribution in [2.24, 2.45) is 5.41 Å². The minimum atomic E-state index is -1.19. The summed E-state index contributed by atoms with van der Waals surface area (Å²) >= 11 is 1.73. The molecule has 0 spiro atoms. The maximum absolute atomic E-state index is 15.8. The molecule has 0 amide bonds. The topological polar surface area (TPSA) is 75.6 Å². The number of nitrogens with zero attached hydrogens (tertiary/aromatic N) is 3. The van der Waals surface area contributed by atoms with Crippen LogP contribution in [0.5, 0.6) is 5.75 Å². The van der Waals surface area contributed by atoms with Gasteiger partial charge in [-0.3, -0.25) is 9.78 Å². The summed E-state index contributed by atoms with van der Waals surface area (Å²) in [6, 6.07) is 11.4. The van der Waals surface area contributed by atoms with E-state index in [9.17, 15) is 9.90 Å². The van der Waals surface area contributed by atoms with Crippen molar-refractivity contribution in [3.63, 3.8) is 0 Å². The fourth-order valence-corrected chi connectivity index (χ4v) is 6.08. The van der Waals surface area contributed by atoms with E-state index in [4.69, 9.17) is 4.74 Å². The summed E-state index contributed by atoms with van der Waals surface area (Å²) in [5, 5.41) is 11.4. The number of carbonyl (C=O) groups is 1. The first-order valence-electron chi connectivity index (χ1n) is 12.4. The molecule has 0 aliphatic carbocycles. The normalized spacial score (nSPS) is 16.6.